The van der Waals surface area contributed by atoms with E-state index in [1.54, 1.807) is 0 Å². The summed E-state index contributed by atoms with van der Waals surface area (Å²) in [5, 5.41) is 1.26. The number of aromatic nitrogens is 1. The maximum atomic E-state index is 5.68. The molecule has 0 unspecified atom stereocenters. The highest BCUT2D eigenvalue weighted by molar-refractivity contribution is 5.83. The Kier molecular flexibility index (Phi) is 3.43. The molecule has 17 heavy (non-hydrogen) atoms. The maximum absolute atomic E-state index is 5.68. The number of nitrogens with two attached hydrogens (primary N) is 1. The number of aryl methyl sites for hydroxylation is 1. The van der Waals surface area contributed by atoms with Crippen LogP contribution in [0.3, 0.4) is 0 Å². The number of rotatable bonds is 3. The Hall–Kier alpha value is -1.41. The van der Waals surface area contributed by atoms with Crippen molar-refractivity contribution in [1.82, 2.24) is 4.98 Å². The molecule has 1 heterocycles. The fourth-order valence-electron chi connectivity index (χ4n) is 2.18. The topological polar surface area (TPSA) is 38.9 Å². The largest absolute Gasteiger partial charge is 0.330 e. The molecule has 2 nitrogen and oxygen atoms in total. The molecule has 2 rings (SSSR count). The molecule has 1 aromatic heterocycles. The Bertz CT molecular complexity index is 530. The molecule has 0 aliphatic carbocycles. The normalized spacial score (nSPS) is 11.4. The summed E-state index contributed by atoms with van der Waals surface area (Å²) in [5.74, 6) is 0.548. The van der Waals surface area contributed by atoms with Crippen molar-refractivity contribution in [1.29, 1.82) is 0 Å². The minimum absolute atomic E-state index is 0.548. The van der Waals surface area contributed by atoms with Crippen molar-refractivity contribution in [3.63, 3.8) is 0 Å². The monoisotopic (exact) mass is 228 g/mol. The first-order valence-electron chi connectivity index (χ1n) is 6.22. The zero-order chi connectivity index (χ0) is 12.4. The summed E-state index contributed by atoms with van der Waals surface area (Å²) in [4.78, 5) is 4.58. The molecule has 0 fully saturated rings. The summed E-state index contributed by atoms with van der Waals surface area (Å²) < 4.78 is 0. The van der Waals surface area contributed by atoms with Gasteiger partial charge in [0.15, 0.2) is 0 Å². The van der Waals surface area contributed by atoms with Gasteiger partial charge in [-0.05, 0) is 55.1 Å². The van der Waals surface area contributed by atoms with Crippen molar-refractivity contribution >= 4 is 10.9 Å². The number of hydrogen-bond donors (Lipinski definition) is 1. The van der Waals surface area contributed by atoms with Gasteiger partial charge < -0.3 is 5.73 Å². The zero-order valence-corrected chi connectivity index (χ0v) is 10.8. The van der Waals surface area contributed by atoms with Gasteiger partial charge in [-0.2, -0.15) is 0 Å². The average Bonchev–Trinajstić information content (AvgIpc) is 2.28. The highest BCUT2D eigenvalue weighted by atomic mass is 14.7. The predicted octanol–water partition coefficient (Wildman–Crippen LogP) is 3.17. The first kappa shape index (κ1) is 12.1. The lowest BCUT2D eigenvalue weighted by Crippen LogP contribution is -2.04. The van der Waals surface area contributed by atoms with Gasteiger partial charge in [0.05, 0.1) is 5.52 Å². The molecule has 0 aliphatic rings. The molecule has 0 aliphatic heterocycles. The van der Waals surface area contributed by atoms with Crippen molar-refractivity contribution in [3.8, 4) is 0 Å². The van der Waals surface area contributed by atoms with Crippen molar-refractivity contribution in [3.05, 3.63) is 41.1 Å². The Morgan fingerprint density at radius 1 is 1.24 bits per heavy atom. The quantitative estimate of drug-likeness (QED) is 0.876. The van der Waals surface area contributed by atoms with E-state index in [0.717, 1.165) is 17.6 Å². The van der Waals surface area contributed by atoms with Gasteiger partial charge in [0.2, 0.25) is 0 Å². The third-order valence-corrected chi connectivity index (χ3v) is 3.13. The highest BCUT2D eigenvalue weighted by Crippen LogP contribution is 2.24. The Morgan fingerprint density at radius 3 is 2.65 bits per heavy atom. The lowest BCUT2D eigenvalue weighted by Gasteiger charge is -2.11. The second-order valence-corrected chi connectivity index (χ2v) is 4.89. The molecule has 0 amide bonds. The minimum atomic E-state index is 0.548. The van der Waals surface area contributed by atoms with E-state index < -0.39 is 0 Å². The van der Waals surface area contributed by atoms with Crippen LogP contribution in [0.2, 0.25) is 0 Å². The summed E-state index contributed by atoms with van der Waals surface area (Å²) in [6.45, 7) is 7.15. The summed E-state index contributed by atoms with van der Waals surface area (Å²) in [6.07, 6.45) is 0.918. The fourth-order valence-corrected chi connectivity index (χ4v) is 2.18. The van der Waals surface area contributed by atoms with Gasteiger partial charge in [-0.25, -0.2) is 0 Å². The molecule has 0 saturated heterocycles. The molecular weight excluding hydrogens is 208 g/mol. The van der Waals surface area contributed by atoms with Crippen LogP contribution in [0.1, 0.15) is 36.6 Å². The highest BCUT2D eigenvalue weighted by Gasteiger charge is 2.06. The standard InChI is InChI=1S/C15H20N2/c1-10(2)12-4-5-15-14(9-12)13(6-7-16)8-11(3)17-15/h4-5,8-10H,6-7,16H2,1-3H3. The van der Waals surface area contributed by atoms with E-state index in [4.69, 9.17) is 5.73 Å². The molecule has 0 atom stereocenters. The third kappa shape index (κ3) is 2.47. The summed E-state index contributed by atoms with van der Waals surface area (Å²) in [6, 6.07) is 8.71. The zero-order valence-electron chi connectivity index (χ0n) is 10.8. The van der Waals surface area contributed by atoms with Gasteiger partial charge in [0, 0.05) is 11.1 Å². The van der Waals surface area contributed by atoms with E-state index in [2.05, 4.69) is 43.1 Å². The fraction of sp³-hybridized carbons (Fsp3) is 0.400. The van der Waals surface area contributed by atoms with Crippen molar-refractivity contribution in [2.45, 2.75) is 33.1 Å². The van der Waals surface area contributed by atoms with E-state index in [1.165, 1.54) is 16.5 Å². The van der Waals surface area contributed by atoms with Gasteiger partial charge >= 0.3 is 0 Å². The van der Waals surface area contributed by atoms with Crippen LogP contribution in [0.25, 0.3) is 10.9 Å². The number of hydrogen-bond acceptors (Lipinski definition) is 2. The molecule has 1 aromatic carbocycles. The molecule has 0 bridgehead atoms. The lowest BCUT2D eigenvalue weighted by atomic mass is 9.97. The molecule has 0 spiro atoms. The molecule has 2 heteroatoms. The molecule has 2 aromatic rings. The first-order chi connectivity index (χ1) is 8.11. The Balaban J connectivity index is 2.64. The Morgan fingerprint density at radius 2 is 2.00 bits per heavy atom. The lowest BCUT2D eigenvalue weighted by molar-refractivity contribution is 0.868. The van der Waals surface area contributed by atoms with Crippen LogP contribution in [-0.4, -0.2) is 11.5 Å². The van der Waals surface area contributed by atoms with Gasteiger partial charge in [-0.3, -0.25) is 4.98 Å². The third-order valence-electron chi connectivity index (χ3n) is 3.13. The molecule has 0 saturated carbocycles. The molecule has 0 radical (unpaired) electrons. The van der Waals surface area contributed by atoms with Gasteiger partial charge in [0.25, 0.3) is 0 Å². The summed E-state index contributed by atoms with van der Waals surface area (Å²) in [7, 11) is 0. The number of fused-ring (bicyclic) bond motifs is 1. The second kappa shape index (κ2) is 4.84. The van der Waals surface area contributed by atoms with Crippen LogP contribution in [0.5, 0.6) is 0 Å². The minimum Gasteiger partial charge on any atom is -0.330 e. The number of benzene rings is 1. The van der Waals surface area contributed by atoms with E-state index >= 15 is 0 Å². The van der Waals surface area contributed by atoms with Crippen molar-refractivity contribution < 1.29 is 0 Å². The summed E-state index contributed by atoms with van der Waals surface area (Å²) in [5.41, 5.74) is 10.5. The second-order valence-electron chi connectivity index (χ2n) is 4.89. The average molecular weight is 228 g/mol. The van der Waals surface area contributed by atoms with Crippen LogP contribution < -0.4 is 5.73 Å². The van der Waals surface area contributed by atoms with Gasteiger partial charge in [0.1, 0.15) is 0 Å². The maximum Gasteiger partial charge on any atom is 0.0708 e. The number of pyridine rings is 1. The first-order valence-corrected chi connectivity index (χ1v) is 6.22. The van der Waals surface area contributed by atoms with Gasteiger partial charge in [-0.15, -0.1) is 0 Å². The van der Waals surface area contributed by atoms with E-state index in [9.17, 15) is 0 Å². The van der Waals surface area contributed by atoms with E-state index in [1.807, 2.05) is 6.92 Å². The van der Waals surface area contributed by atoms with Crippen LogP contribution in [0.15, 0.2) is 24.3 Å². The predicted molar refractivity (Wildman–Crippen MR) is 73.3 cm³/mol. The SMILES string of the molecule is Cc1cc(CCN)c2cc(C(C)C)ccc2n1. The van der Waals surface area contributed by atoms with Crippen molar-refractivity contribution in [2.75, 3.05) is 6.54 Å². The van der Waals surface area contributed by atoms with E-state index in [0.29, 0.717) is 12.5 Å². The number of nitrogens with zero attached hydrogens (tertiary/aromatic N) is 1. The van der Waals surface area contributed by atoms with E-state index in [-0.39, 0.29) is 0 Å². The van der Waals surface area contributed by atoms with Crippen molar-refractivity contribution in [2.24, 2.45) is 5.73 Å². The summed E-state index contributed by atoms with van der Waals surface area (Å²) >= 11 is 0. The molecule has 90 valence electrons. The molecular formula is C15H20N2. The Labute approximate surface area is 103 Å². The van der Waals surface area contributed by atoms with Gasteiger partial charge in [-0.1, -0.05) is 19.9 Å². The smallest absolute Gasteiger partial charge is 0.0708 e. The van der Waals surface area contributed by atoms with Crippen LogP contribution in [0, 0.1) is 6.92 Å². The van der Waals surface area contributed by atoms with Crippen LogP contribution in [-0.2, 0) is 6.42 Å². The van der Waals surface area contributed by atoms with Crippen LogP contribution >= 0.6 is 0 Å². The van der Waals surface area contributed by atoms with Crippen LogP contribution in [0.4, 0.5) is 0 Å². The molecule has 2 N–H and O–H groups in total.